The highest BCUT2D eigenvalue weighted by Gasteiger charge is 2.21. The summed E-state index contributed by atoms with van der Waals surface area (Å²) in [5.74, 6) is -3.25. The fraction of sp³-hybridized carbons (Fsp3) is 0.471. The van der Waals surface area contributed by atoms with E-state index in [1.54, 1.807) is 0 Å². The number of hydrogen-bond acceptors (Lipinski definition) is 6. The van der Waals surface area contributed by atoms with Gasteiger partial charge in [0.1, 0.15) is 18.1 Å². The maximum absolute atomic E-state index is 11.4. The lowest BCUT2D eigenvalue weighted by Gasteiger charge is -2.18. The number of nitrogens with two attached hydrogens (primary N) is 1. The molecule has 0 fully saturated rings. The van der Waals surface area contributed by atoms with E-state index in [9.17, 15) is 24.6 Å². The molecule has 0 amide bonds. The fourth-order valence-electron chi connectivity index (χ4n) is 2.35. The maximum atomic E-state index is 11.4. The predicted molar refractivity (Wildman–Crippen MR) is 93.8 cm³/mol. The van der Waals surface area contributed by atoms with E-state index in [1.165, 1.54) is 0 Å². The maximum Gasteiger partial charge on any atom is 0.321 e. The van der Waals surface area contributed by atoms with Gasteiger partial charge >= 0.3 is 17.9 Å². The van der Waals surface area contributed by atoms with Crippen molar-refractivity contribution >= 4 is 17.9 Å². The number of nitrogens with one attached hydrogen (secondary N) is 2. The molecule has 0 saturated carbocycles. The third-order valence-electron chi connectivity index (χ3n) is 3.87. The number of carboxylic acids is 3. The molecule has 3 atom stereocenters. The van der Waals surface area contributed by atoms with Gasteiger partial charge in [0, 0.05) is 0 Å². The van der Waals surface area contributed by atoms with Crippen LogP contribution >= 0.6 is 0 Å². The van der Waals surface area contributed by atoms with Gasteiger partial charge in [-0.2, -0.15) is 0 Å². The summed E-state index contributed by atoms with van der Waals surface area (Å²) >= 11 is 0. The zero-order valence-electron chi connectivity index (χ0n) is 14.3. The van der Waals surface area contributed by atoms with Gasteiger partial charge in [0.15, 0.2) is 0 Å². The molecule has 9 nitrogen and oxygen atoms in total. The normalized spacial score (nSPS) is 14.3. The minimum Gasteiger partial charge on any atom is -0.480 e. The number of carboxylic acid groups (broad SMARTS) is 3. The second kappa shape index (κ2) is 11.2. The molecule has 0 saturated heterocycles. The zero-order valence-corrected chi connectivity index (χ0v) is 14.3. The molecule has 1 aromatic rings. The van der Waals surface area contributed by atoms with Crippen LogP contribution in [0.15, 0.2) is 30.3 Å². The molecule has 0 bridgehead atoms. The van der Waals surface area contributed by atoms with Crippen LogP contribution in [0, 0.1) is 0 Å². The van der Waals surface area contributed by atoms with Crippen LogP contribution in [-0.4, -0.2) is 64.4 Å². The minimum absolute atomic E-state index is 0.0955. The second-order valence-electron chi connectivity index (χ2n) is 5.90. The summed E-state index contributed by atoms with van der Waals surface area (Å²) in [5.41, 5.74) is 6.22. The molecule has 9 heteroatoms. The highest BCUT2D eigenvalue weighted by molar-refractivity contribution is 5.74. The number of carbonyl (C=O) groups is 3. The smallest absolute Gasteiger partial charge is 0.321 e. The summed E-state index contributed by atoms with van der Waals surface area (Å²) in [6.45, 7) is 0.315. The molecule has 144 valence electrons. The first-order chi connectivity index (χ1) is 12.3. The highest BCUT2D eigenvalue weighted by Crippen LogP contribution is 2.04. The second-order valence-corrected chi connectivity index (χ2v) is 5.90. The van der Waals surface area contributed by atoms with E-state index >= 15 is 0 Å². The minimum atomic E-state index is -1.15. The SMILES string of the molecule is N[C@@H](CCN[C@@H](CCN[C@@H](Cc1ccccc1)C(=O)O)C(=O)O)C(=O)O. The summed E-state index contributed by atoms with van der Waals surface area (Å²) in [6.07, 6.45) is 0.531. The first-order valence-electron chi connectivity index (χ1n) is 8.26. The van der Waals surface area contributed by atoms with E-state index in [0.29, 0.717) is 0 Å². The predicted octanol–water partition coefficient (Wildman–Crippen LogP) is -0.493. The highest BCUT2D eigenvalue weighted by atomic mass is 16.4. The van der Waals surface area contributed by atoms with Crippen molar-refractivity contribution in [1.82, 2.24) is 10.6 Å². The molecular weight excluding hydrogens is 342 g/mol. The Kier molecular flexibility index (Phi) is 9.27. The number of benzene rings is 1. The molecule has 0 heterocycles. The Labute approximate surface area is 151 Å². The third kappa shape index (κ3) is 8.06. The summed E-state index contributed by atoms with van der Waals surface area (Å²) in [5, 5.41) is 32.8. The Bertz CT molecular complexity index is 595. The summed E-state index contributed by atoms with van der Waals surface area (Å²) in [4.78, 5) is 33.3. The lowest BCUT2D eigenvalue weighted by molar-refractivity contribution is -0.140. The first-order valence-corrected chi connectivity index (χ1v) is 8.26. The summed E-state index contributed by atoms with van der Waals surface area (Å²) in [6, 6.07) is 6.32. The van der Waals surface area contributed by atoms with Crippen molar-refractivity contribution < 1.29 is 29.7 Å². The van der Waals surface area contributed by atoms with Gasteiger partial charge in [-0.15, -0.1) is 0 Å². The van der Waals surface area contributed by atoms with Gasteiger partial charge in [0.2, 0.25) is 0 Å². The average Bonchev–Trinajstić information content (AvgIpc) is 2.59. The van der Waals surface area contributed by atoms with Crippen molar-refractivity contribution in [2.24, 2.45) is 5.73 Å². The topological polar surface area (TPSA) is 162 Å². The van der Waals surface area contributed by atoms with E-state index in [0.717, 1.165) is 5.56 Å². The van der Waals surface area contributed by atoms with Crippen molar-refractivity contribution in [3.05, 3.63) is 35.9 Å². The summed E-state index contributed by atoms with van der Waals surface area (Å²) < 4.78 is 0. The van der Waals surface area contributed by atoms with Crippen molar-refractivity contribution in [2.45, 2.75) is 37.4 Å². The molecule has 0 aliphatic rings. The third-order valence-corrected chi connectivity index (χ3v) is 3.87. The summed E-state index contributed by atoms with van der Waals surface area (Å²) in [7, 11) is 0. The standard InChI is InChI=1S/C17H25N3O6/c18-12(15(21)22)6-8-19-13(16(23)24)7-9-20-14(17(25)26)10-11-4-2-1-3-5-11/h1-5,12-14,19-20H,6-10,18H2,(H,21,22)(H,23,24)(H,25,26)/t12-,13-,14-/m0/s1. The van der Waals surface area contributed by atoms with Crippen LogP contribution in [0.2, 0.25) is 0 Å². The lowest BCUT2D eigenvalue weighted by atomic mass is 10.1. The molecule has 1 rings (SSSR count). The Hall–Kier alpha value is -2.49. The Morgan fingerprint density at radius 2 is 1.38 bits per heavy atom. The molecule has 0 aromatic heterocycles. The van der Waals surface area contributed by atoms with Gasteiger partial charge in [-0.05, 0) is 37.9 Å². The zero-order chi connectivity index (χ0) is 19.5. The molecule has 0 radical (unpaired) electrons. The molecule has 0 unspecified atom stereocenters. The largest absolute Gasteiger partial charge is 0.480 e. The van der Waals surface area contributed by atoms with E-state index < -0.39 is 36.0 Å². The lowest BCUT2D eigenvalue weighted by Crippen LogP contribution is -2.44. The van der Waals surface area contributed by atoms with E-state index in [1.807, 2.05) is 30.3 Å². The molecule has 1 aromatic carbocycles. The number of aliphatic carboxylic acids is 3. The van der Waals surface area contributed by atoms with Gasteiger partial charge in [0.25, 0.3) is 0 Å². The molecular formula is C17H25N3O6. The number of rotatable bonds is 13. The molecule has 7 N–H and O–H groups in total. The fourth-order valence-corrected chi connectivity index (χ4v) is 2.35. The molecule has 26 heavy (non-hydrogen) atoms. The van der Waals surface area contributed by atoms with Gasteiger partial charge in [-0.3, -0.25) is 14.4 Å². The van der Waals surface area contributed by atoms with Crippen LogP contribution < -0.4 is 16.4 Å². The molecule has 0 spiro atoms. The Balaban J connectivity index is 2.45. The van der Waals surface area contributed by atoms with E-state index in [4.69, 9.17) is 10.8 Å². The average molecular weight is 367 g/mol. The van der Waals surface area contributed by atoms with Crippen LogP contribution in [0.1, 0.15) is 18.4 Å². The Morgan fingerprint density at radius 1 is 0.846 bits per heavy atom. The monoisotopic (exact) mass is 367 g/mol. The Morgan fingerprint density at radius 3 is 1.92 bits per heavy atom. The van der Waals surface area contributed by atoms with Gasteiger partial charge in [-0.25, -0.2) is 0 Å². The first kappa shape index (κ1) is 21.6. The van der Waals surface area contributed by atoms with Crippen molar-refractivity contribution in [3.8, 4) is 0 Å². The van der Waals surface area contributed by atoms with Crippen LogP contribution in [0.5, 0.6) is 0 Å². The van der Waals surface area contributed by atoms with Crippen LogP contribution in [0.25, 0.3) is 0 Å². The van der Waals surface area contributed by atoms with Crippen molar-refractivity contribution in [1.29, 1.82) is 0 Å². The van der Waals surface area contributed by atoms with Crippen LogP contribution in [-0.2, 0) is 20.8 Å². The van der Waals surface area contributed by atoms with Crippen LogP contribution in [0.4, 0.5) is 0 Å². The van der Waals surface area contributed by atoms with Gasteiger partial charge in [0.05, 0.1) is 0 Å². The molecule has 0 aliphatic heterocycles. The van der Waals surface area contributed by atoms with Crippen molar-refractivity contribution in [3.63, 3.8) is 0 Å². The van der Waals surface area contributed by atoms with E-state index in [2.05, 4.69) is 10.6 Å². The van der Waals surface area contributed by atoms with Gasteiger partial charge in [-0.1, -0.05) is 30.3 Å². The quantitative estimate of drug-likeness (QED) is 0.270. The van der Waals surface area contributed by atoms with E-state index in [-0.39, 0.29) is 32.4 Å². The van der Waals surface area contributed by atoms with Crippen molar-refractivity contribution in [2.75, 3.05) is 13.1 Å². The van der Waals surface area contributed by atoms with Gasteiger partial charge < -0.3 is 31.7 Å². The molecule has 0 aliphatic carbocycles. The number of hydrogen-bond donors (Lipinski definition) is 6. The van der Waals surface area contributed by atoms with Crippen LogP contribution in [0.3, 0.4) is 0 Å².